The van der Waals surface area contributed by atoms with Crippen LogP contribution in [0, 0.1) is 5.92 Å². The Morgan fingerprint density at radius 1 is 0.422 bits per heavy atom. The zero-order valence-electron chi connectivity index (χ0n) is 43.3. The van der Waals surface area contributed by atoms with Crippen LogP contribution >= 0.6 is 0 Å². The number of unbranched alkanes of at least 4 members (excludes halogenated alkanes) is 40. The maximum Gasteiger partial charge on any atom is 0.338 e. The van der Waals surface area contributed by atoms with E-state index >= 15 is 0 Å². The van der Waals surface area contributed by atoms with Gasteiger partial charge in [0.15, 0.2) is 6.10 Å². The van der Waals surface area contributed by atoms with Gasteiger partial charge in [0.2, 0.25) is 5.79 Å². The van der Waals surface area contributed by atoms with Crippen LogP contribution < -0.4 is 0 Å². The lowest BCUT2D eigenvalue weighted by Crippen LogP contribution is -2.45. The minimum Gasteiger partial charge on any atom is -0.481 e. The fourth-order valence-electron chi connectivity index (χ4n) is 9.57. The highest BCUT2D eigenvalue weighted by Crippen LogP contribution is 2.35. The third-order valence-corrected chi connectivity index (χ3v) is 13.9. The number of aliphatic hydroxyl groups excluding tert-OH is 1. The number of hydrogen-bond donors (Lipinski definition) is 3. The van der Waals surface area contributed by atoms with Gasteiger partial charge < -0.3 is 20.1 Å². The number of hydrogen-bond acceptors (Lipinski definition) is 5. The second-order valence-electron chi connectivity index (χ2n) is 20.2. The van der Waals surface area contributed by atoms with E-state index in [2.05, 4.69) is 32.9 Å². The number of allylic oxidation sites excluding steroid dienone is 2. The van der Waals surface area contributed by atoms with Gasteiger partial charge in [-0.15, -0.1) is 0 Å². The van der Waals surface area contributed by atoms with Crippen molar-refractivity contribution in [1.82, 2.24) is 0 Å². The van der Waals surface area contributed by atoms with Gasteiger partial charge >= 0.3 is 11.9 Å². The van der Waals surface area contributed by atoms with Crippen LogP contribution in [-0.4, -0.2) is 39.1 Å². The Morgan fingerprint density at radius 2 is 0.688 bits per heavy atom. The summed E-state index contributed by atoms with van der Waals surface area (Å²) in [7, 11) is 0. The van der Waals surface area contributed by atoms with Crippen molar-refractivity contribution in [3.05, 3.63) is 12.2 Å². The summed E-state index contributed by atoms with van der Waals surface area (Å²) in [6.45, 7) is 6.82. The summed E-state index contributed by atoms with van der Waals surface area (Å²) >= 11 is 0. The molecule has 0 saturated carbocycles. The molecule has 0 aliphatic carbocycles. The normalized spacial score (nSPS) is 13.7. The van der Waals surface area contributed by atoms with E-state index in [1.54, 1.807) is 0 Å². The molecular weight excluding hydrogens is 793 g/mol. The summed E-state index contributed by atoms with van der Waals surface area (Å²) < 4.78 is 5.83. The second kappa shape index (κ2) is 49.5. The molecule has 380 valence electrons. The van der Waals surface area contributed by atoms with Crippen LogP contribution in [0.4, 0.5) is 0 Å². The molecule has 0 rings (SSSR count). The van der Waals surface area contributed by atoms with Crippen LogP contribution in [0.3, 0.4) is 0 Å². The van der Waals surface area contributed by atoms with Gasteiger partial charge in [-0.2, -0.15) is 0 Å². The highest BCUT2D eigenvalue weighted by atomic mass is 16.7. The van der Waals surface area contributed by atoms with E-state index in [1.807, 2.05) is 0 Å². The van der Waals surface area contributed by atoms with Crippen molar-refractivity contribution in [2.24, 2.45) is 5.92 Å². The van der Waals surface area contributed by atoms with Crippen molar-refractivity contribution < 1.29 is 29.6 Å². The smallest absolute Gasteiger partial charge is 0.338 e. The number of aliphatic carboxylic acids is 1. The number of ether oxygens (including phenoxy) is 1. The first-order chi connectivity index (χ1) is 31.3. The van der Waals surface area contributed by atoms with E-state index < -0.39 is 30.3 Å². The third kappa shape index (κ3) is 43.2. The van der Waals surface area contributed by atoms with Crippen molar-refractivity contribution in [2.45, 2.75) is 341 Å². The number of carbonyl (C=O) groups is 2. The van der Waals surface area contributed by atoms with E-state index in [1.165, 1.54) is 218 Å². The lowest BCUT2D eigenvalue weighted by Gasteiger charge is -2.36. The molecule has 3 N–H and O–H groups in total. The average molecular weight is 906 g/mol. The van der Waals surface area contributed by atoms with E-state index in [0.717, 1.165) is 77.0 Å². The molecule has 0 spiro atoms. The minimum absolute atomic E-state index is 0.228. The molecule has 0 aromatic heterocycles. The Kier molecular flexibility index (Phi) is 48.4. The molecule has 0 amide bonds. The fourth-order valence-corrected chi connectivity index (χ4v) is 9.57. The monoisotopic (exact) mass is 905 g/mol. The van der Waals surface area contributed by atoms with E-state index in [0.29, 0.717) is 6.42 Å². The number of rotatable bonds is 53. The zero-order chi connectivity index (χ0) is 46.9. The van der Waals surface area contributed by atoms with Crippen LogP contribution in [0.2, 0.25) is 0 Å². The lowest BCUT2D eigenvalue weighted by molar-refractivity contribution is -0.244. The number of esters is 1. The van der Waals surface area contributed by atoms with Gasteiger partial charge in [0, 0.05) is 12.3 Å². The average Bonchev–Trinajstić information content (AvgIpc) is 3.27. The molecule has 6 heteroatoms. The molecule has 0 fully saturated rings. The first-order valence-electron chi connectivity index (χ1n) is 28.8. The van der Waals surface area contributed by atoms with Crippen LogP contribution in [0.5, 0.6) is 0 Å². The first kappa shape index (κ1) is 62.6. The summed E-state index contributed by atoms with van der Waals surface area (Å²) in [5, 5.41) is 31.9. The Labute approximate surface area is 399 Å². The lowest BCUT2D eigenvalue weighted by atomic mass is 9.84. The highest BCUT2D eigenvalue weighted by molar-refractivity contribution is 5.81. The molecule has 0 aliphatic heterocycles. The van der Waals surface area contributed by atoms with Gasteiger partial charge in [-0.1, -0.05) is 283 Å². The predicted molar refractivity (Wildman–Crippen MR) is 276 cm³/mol. The van der Waals surface area contributed by atoms with Crippen LogP contribution in [0.15, 0.2) is 12.2 Å². The van der Waals surface area contributed by atoms with Gasteiger partial charge in [0.05, 0.1) is 6.42 Å². The number of carboxylic acids is 1. The molecule has 0 aromatic rings. The molecule has 3 atom stereocenters. The Hall–Kier alpha value is -1.40. The molecule has 0 radical (unpaired) electrons. The maximum atomic E-state index is 13.1. The summed E-state index contributed by atoms with van der Waals surface area (Å²) in [6.07, 6.45) is 59.9. The topological polar surface area (TPSA) is 104 Å². The van der Waals surface area contributed by atoms with Gasteiger partial charge in [-0.3, -0.25) is 4.79 Å². The Bertz CT molecular complexity index is 997. The minimum atomic E-state index is -1.78. The summed E-state index contributed by atoms with van der Waals surface area (Å²) in [5.74, 6) is -4.19. The van der Waals surface area contributed by atoms with E-state index in [9.17, 15) is 24.9 Å². The summed E-state index contributed by atoms with van der Waals surface area (Å²) in [6, 6.07) is 0. The largest absolute Gasteiger partial charge is 0.481 e. The molecule has 0 heterocycles. The van der Waals surface area contributed by atoms with Gasteiger partial charge in [0.25, 0.3) is 0 Å². The fraction of sp³-hybridized carbons (Fsp3) is 0.931. The maximum absolute atomic E-state index is 13.1. The molecule has 0 aromatic carbocycles. The first-order valence-corrected chi connectivity index (χ1v) is 28.8. The summed E-state index contributed by atoms with van der Waals surface area (Å²) in [5.41, 5.74) is 0. The summed E-state index contributed by atoms with van der Waals surface area (Å²) in [4.78, 5) is 24.4. The Balaban J connectivity index is 5.02. The molecule has 64 heavy (non-hydrogen) atoms. The molecule has 0 saturated heterocycles. The molecular formula is C58H112O6. The quantitative estimate of drug-likeness (QED) is 0.0243. The molecule has 0 bridgehead atoms. The van der Waals surface area contributed by atoms with Gasteiger partial charge in [-0.05, 0) is 44.9 Å². The van der Waals surface area contributed by atoms with E-state index in [-0.39, 0.29) is 5.92 Å². The van der Waals surface area contributed by atoms with Crippen molar-refractivity contribution in [3.63, 3.8) is 0 Å². The van der Waals surface area contributed by atoms with Crippen LogP contribution in [-0.2, 0) is 14.3 Å². The number of aliphatic hydroxyl groups is 2. The predicted octanol–water partition coefficient (Wildman–Crippen LogP) is 18.6. The third-order valence-electron chi connectivity index (χ3n) is 13.9. The SMILES string of the molecule is CCCCCCCC/C=C\CCCCCCC(CCCCCCCCCCCCCCCCCC)C(O)(CCCCCCCCCCCCCCCCCC)OC(=O)C(O)CC(=O)O. The van der Waals surface area contributed by atoms with Crippen molar-refractivity contribution >= 4 is 11.9 Å². The van der Waals surface area contributed by atoms with Gasteiger partial charge in [0.1, 0.15) is 0 Å². The number of carbonyl (C=O) groups excluding carboxylic acids is 1. The molecule has 0 aliphatic rings. The number of carboxylic acid groups (broad SMARTS) is 1. The standard InChI is InChI=1S/C58H112O6/c1-4-7-10-13-16-19-22-25-28-30-33-36-39-42-45-48-51-54(50-47-44-41-38-35-32-27-24-21-18-15-12-9-6-3)58(63,64-57(62)55(59)53-56(60)61)52-49-46-43-40-37-34-31-29-26-23-20-17-14-11-8-5-2/h27,32,54-55,59,63H,4-26,28-31,33-53H2,1-3H3,(H,60,61)/b32-27-. The van der Waals surface area contributed by atoms with Crippen LogP contribution in [0.25, 0.3) is 0 Å². The molecule has 3 unspecified atom stereocenters. The van der Waals surface area contributed by atoms with Crippen molar-refractivity contribution in [3.8, 4) is 0 Å². The second-order valence-corrected chi connectivity index (χ2v) is 20.2. The van der Waals surface area contributed by atoms with Crippen molar-refractivity contribution in [1.29, 1.82) is 0 Å². The van der Waals surface area contributed by atoms with Crippen molar-refractivity contribution in [2.75, 3.05) is 0 Å². The van der Waals surface area contributed by atoms with Crippen LogP contribution in [0.1, 0.15) is 329 Å². The zero-order valence-corrected chi connectivity index (χ0v) is 43.3. The van der Waals surface area contributed by atoms with Gasteiger partial charge in [-0.25, -0.2) is 4.79 Å². The molecule has 6 nitrogen and oxygen atoms in total. The van der Waals surface area contributed by atoms with E-state index in [4.69, 9.17) is 4.74 Å². The Morgan fingerprint density at radius 3 is 0.984 bits per heavy atom. The highest BCUT2D eigenvalue weighted by Gasteiger charge is 2.41.